The fraction of sp³-hybridized carbons (Fsp3) is 0.250. The normalized spacial score (nSPS) is 10.5. The van der Waals surface area contributed by atoms with Gasteiger partial charge >= 0.3 is 5.97 Å². The van der Waals surface area contributed by atoms with Crippen molar-refractivity contribution in [1.29, 1.82) is 0 Å². The molecule has 0 spiro atoms. The van der Waals surface area contributed by atoms with Crippen LogP contribution in [-0.2, 0) is 13.5 Å². The summed E-state index contributed by atoms with van der Waals surface area (Å²) < 4.78 is 1.67. The van der Waals surface area contributed by atoms with Crippen LogP contribution < -0.4 is 0 Å². The Morgan fingerprint density at radius 2 is 2.12 bits per heavy atom. The molecule has 1 aromatic heterocycles. The zero-order chi connectivity index (χ0) is 12.4. The summed E-state index contributed by atoms with van der Waals surface area (Å²) in [7, 11) is 1.80. The van der Waals surface area contributed by atoms with Gasteiger partial charge in [0.25, 0.3) is 0 Å². The Hall–Kier alpha value is -2.17. The zero-order valence-electron chi connectivity index (χ0n) is 9.71. The van der Waals surface area contributed by atoms with E-state index in [-0.39, 0.29) is 5.56 Å². The maximum atomic E-state index is 11.1. The molecule has 0 saturated carbocycles. The van der Waals surface area contributed by atoms with Crippen molar-refractivity contribution in [2.24, 2.45) is 7.05 Å². The second-order valence-electron chi connectivity index (χ2n) is 3.68. The third-order valence-corrected chi connectivity index (χ3v) is 2.57. The second kappa shape index (κ2) is 4.37. The van der Waals surface area contributed by atoms with Crippen LogP contribution in [0.5, 0.6) is 0 Å². The van der Waals surface area contributed by atoms with Crippen molar-refractivity contribution in [3.05, 3.63) is 35.7 Å². The fourth-order valence-electron chi connectivity index (χ4n) is 1.70. The van der Waals surface area contributed by atoms with Gasteiger partial charge in [-0.05, 0) is 6.07 Å². The molecule has 1 heterocycles. The van der Waals surface area contributed by atoms with Crippen LogP contribution in [0.25, 0.3) is 11.4 Å². The standard InChI is InChI=1S/C12H13N3O2/c1-3-10-13-11(14-15(10)2)8-6-4-5-7-9(8)12(16)17/h4-7H,3H2,1-2H3,(H,16,17). The number of aromatic nitrogens is 3. The van der Waals surface area contributed by atoms with Crippen LogP contribution >= 0.6 is 0 Å². The summed E-state index contributed by atoms with van der Waals surface area (Å²) in [6.07, 6.45) is 0.763. The summed E-state index contributed by atoms with van der Waals surface area (Å²) in [4.78, 5) is 15.4. The van der Waals surface area contributed by atoms with E-state index in [1.807, 2.05) is 6.92 Å². The van der Waals surface area contributed by atoms with Crippen molar-refractivity contribution in [1.82, 2.24) is 14.8 Å². The van der Waals surface area contributed by atoms with E-state index < -0.39 is 5.97 Å². The Kier molecular flexibility index (Phi) is 2.91. The van der Waals surface area contributed by atoms with Crippen LogP contribution in [0.3, 0.4) is 0 Å². The third kappa shape index (κ3) is 2.04. The molecule has 0 saturated heterocycles. The van der Waals surface area contributed by atoms with Crippen molar-refractivity contribution >= 4 is 5.97 Å². The van der Waals surface area contributed by atoms with Gasteiger partial charge in [-0.15, -0.1) is 0 Å². The first-order chi connectivity index (χ1) is 8.13. The highest BCUT2D eigenvalue weighted by Gasteiger charge is 2.15. The average Bonchev–Trinajstić information content (AvgIpc) is 2.70. The van der Waals surface area contributed by atoms with Crippen LogP contribution in [0.4, 0.5) is 0 Å². The van der Waals surface area contributed by atoms with Crippen LogP contribution in [0.1, 0.15) is 23.1 Å². The molecule has 0 aliphatic heterocycles. The predicted octanol–water partition coefficient (Wildman–Crippen LogP) is 1.74. The van der Waals surface area contributed by atoms with Crippen LogP contribution in [0, 0.1) is 0 Å². The molecular formula is C12H13N3O2. The fourth-order valence-corrected chi connectivity index (χ4v) is 1.70. The summed E-state index contributed by atoms with van der Waals surface area (Å²) in [5, 5.41) is 13.3. The molecule has 17 heavy (non-hydrogen) atoms. The Balaban J connectivity index is 2.56. The third-order valence-electron chi connectivity index (χ3n) is 2.57. The van der Waals surface area contributed by atoms with Crippen LogP contribution in [-0.4, -0.2) is 25.8 Å². The Morgan fingerprint density at radius 1 is 1.41 bits per heavy atom. The van der Waals surface area contributed by atoms with Crippen molar-refractivity contribution in [3.8, 4) is 11.4 Å². The molecule has 0 radical (unpaired) electrons. The van der Waals surface area contributed by atoms with Gasteiger partial charge in [-0.25, -0.2) is 9.78 Å². The molecule has 0 fully saturated rings. The minimum absolute atomic E-state index is 0.223. The maximum Gasteiger partial charge on any atom is 0.336 e. The van der Waals surface area contributed by atoms with Gasteiger partial charge < -0.3 is 5.11 Å². The minimum atomic E-state index is -0.967. The highest BCUT2D eigenvalue weighted by atomic mass is 16.4. The molecule has 5 nitrogen and oxygen atoms in total. The van der Waals surface area contributed by atoms with Gasteiger partial charge in [0, 0.05) is 19.0 Å². The number of hydrogen-bond donors (Lipinski definition) is 1. The van der Waals surface area contributed by atoms with Crippen molar-refractivity contribution in [3.63, 3.8) is 0 Å². The quantitative estimate of drug-likeness (QED) is 0.873. The van der Waals surface area contributed by atoms with Gasteiger partial charge in [-0.1, -0.05) is 25.1 Å². The minimum Gasteiger partial charge on any atom is -0.478 e. The van der Waals surface area contributed by atoms with E-state index in [0.29, 0.717) is 11.4 Å². The van der Waals surface area contributed by atoms with E-state index in [9.17, 15) is 4.79 Å². The summed E-state index contributed by atoms with van der Waals surface area (Å²) in [6, 6.07) is 6.75. The first kappa shape index (κ1) is 11.3. The first-order valence-electron chi connectivity index (χ1n) is 5.36. The van der Waals surface area contributed by atoms with Gasteiger partial charge in [0.2, 0.25) is 0 Å². The van der Waals surface area contributed by atoms with Gasteiger partial charge in [-0.2, -0.15) is 5.10 Å². The lowest BCUT2D eigenvalue weighted by atomic mass is 10.1. The van der Waals surface area contributed by atoms with Gasteiger partial charge in [0.05, 0.1) is 5.56 Å². The predicted molar refractivity (Wildman–Crippen MR) is 62.8 cm³/mol. The molecule has 1 aromatic carbocycles. The molecule has 5 heteroatoms. The first-order valence-corrected chi connectivity index (χ1v) is 5.36. The number of aromatic carboxylic acids is 1. The Morgan fingerprint density at radius 3 is 2.71 bits per heavy atom. The number of nitrogens with zero attached hydrogens (tertiary/aromatic N) is 3. The number of benzene rings is 1. The van der Waals surface area contributed by atoms with E-state index in [2.05, 4.69) is 10.1 Å². The van der Waals surface area contributed by atoms with Crippen LogP contribution in [0.2, 0.25) is 0 Å². The van der Waals surface area contributed by atoms with Gasteiger partial charge in [0.1, 0.15) is 5.82 Å². The molecule has 0 aliphatic rings. The highest BCUT2D eigenvalue weighted by Crippen LogP contribution is 2.20. The van der Waals surface area contributed by atoms with E-state index in [1.54, 1.807) is 36.0 Å². The molecule has 0 unspecified atom stereocenters. The van der Waals surface area contributed by atoms with E-state index >= 15 is 0 Å². The summed E-state index contributed by atoms with van der Waals surface area (Å²) in [5.74, 6) is 0.327. The van der Waals surface area contributed by atoms with Crippen molar-refractivity contribution in [2.45, 2.75) is 13.3 Å². The van der Waals surface area contributed by atoms with Crippen LogP contribution in [0.15, 0.2) is 24.3 Å². The number of carboxylic acid groups (broad SMARTS) is 1. The molecule has 0 atom stereocenters. The number of aryl methyl sites for hydroxylation is 2. The molecular weight excluding hydrogens is 218 g/mol. The second-order valence-corrected chi connectivity index (χ2v) is 3.68. The largest absolute Gasteiger partial charge is 0.478 e. The number of hydrogen-bond acceptors (Lipinski definition) is 3. The number of carbonyl (C=O) groups is 1. The lowest BCUT2D eigenvalue weighted by Crippen LogP contribution is -2.00. The number of carboxylic acids is 1. The Bertz CT molecular complexity index is 561. The molecule has 2 rings (SSSR count). The average molecular weight is 231 g/mol. The smallest absolute Gasteiger partial charge is 0.336 e. The van der Waals surface area contributed by atoms with Crippen molar-refractivity contribution < 1.29 is 9.90 Å². The molecule has 88 valence electrons. The van der Waals surface area contributed by atoms with Crippen molar-refractivity contribution in [2.75, 3.05) is 0 Å². The lowest BCUT2D eigenvalue weighted by molar-refractivity contribution is 0.0697. The molecule has 0 bridgehead atoms. The van der Waals surface area contributed by atoms with E-state index in [4.69, 9.17) is 5.11 Å². The SMILES string of the molecule is CCc1nc(-c2ccccc2C(=O)O)nn1C. The topological polar surface area (TPSA) is 68.0 Å². The molecule has 0 amide bonds. The van der Waals surface area contributed by atoms with Gasteiger partial charge in [-0.3, -0.25) is 4.68 Å². The summed E-state index contributed by atoms with van der Waals surface area (Å²) in [6.45, 7) is 1.98. The lowest BCUT2D eigenvalue weighted by Gasteiger charge is -2.00. The molecule has 0 aliphatic carbocycles. The zero-order valence-corrected chi connectivity index (χ0v) is 9.71. The van der Waals surface area contributed by atoms with E-state index in [0.717, 1.165) is 12.2 Å². The van der Waals surface area contributed by atoms with Gasteiger partial charge in [0.15, 0.2) is 5.82 Å². The Labute approximate surface area is 98.7 Å². The number of rotatable bonds is 3. The molecule has 1 N–H and O–H groups in total. The maximum absolute atomic E-state index is 11.1. The summed E-state index contributed by atoms with van der Waals surface area (Å²) in [5.41, 5.74) is 0.774. The molecule has 2 aromatic rings. The van der Waals surface area contributed by atoms with E-state index in [1.165, 1.54) is 0 Å². The monoisotopic (exact) mass is 231 g/mol. The summed E-state index contributed by atoms with van der Waals surface area (Å²) >= 11 is 0. The highest BCUT2D eigenvalue weighted by molar-refractivity contribution is 5.94.